The first-order chi connectivity index (χ1) is 13.6. The number of aromatic nitrogens is 2. The predicted molar refractivity (Wildman–Crippen MR) is 102 cm³/mol. The second-order valence-electron chi connectivity index (χ2n) is 6.06. The molecule has 0 unspecified atom stereocenters. The number of para-hydroxylation sites is 2. The van der Waals surface area contributed by atoms with Gasteiger partial charge in [-0.05, 0) is 30.3 Å². The van der Waals surface area contributed by atoms with Crippen LogP contribution in [0.15, 0.2) is 59.7 Å². The summed E-state index contributed by atoms with van der Waals surface area (Å²) in [6, 6.07) is 13.8. The molecule has 0 fully saturated rings. The monoisotopic (exact) mass is 379 g/mol. The minimum absolute atomic E-state index is 0.161. The number of methoxy groups -OCH3 is 1. The van der Waals surface area contributed by atoms with Gasteiger partial charge in [-0.1, -0.05) is 12.1 Å². The molecule has 1 amide bonds. The number of nitrogens with zero attached hydrogens (tertiary/aromatic N) is 2. The van der Waals surface area contributed by atoms with Gasteiger partial charge in [-0.2, -0.15) is 0 Å². The molecule has 2 heterocycles. The fraction of sp³-hybridized carbons (Fsp3) is 0.150. The number of amides is 1. The number of carbonyl (C=O) groups excluding carboxylic acids is 1. The molecule has 0 radical (unpaired) electrons. The Labute approximate surface area is 160 Å². The van der Waals surface area contributed by atoms with Gasteiger partial charge >= 0.3 is 0 Å². The number of rotatable bonds is 5. The van der Waals surface area contributed by atoms with Crippen molar-refractivity contribution >= 4 is 11.6 Å². The Morgan fingerprint density at radius 1 is 1.18 bits per heavy atom. The Hall–Kier alpha value is -3.81. The number of anilines is 1. The van der Waals surface area contributed by atoms with E-state index in [-0.39, 0.29) is 24.8 Å². The Morgan fingerprint density at radius 2 is 2.00 bits per heavy atom. The topological polar surface area (TPSA) is 91.7 Å². The first-order valence-electron chi connectivity index (χ1n) is 8.53. The summed E-state index contributed by atoms with van der Waals surface area (Å²) in [6.07, 6.45) is 1.35. The lowest BCUT2D eigenvalue weighted by Gasteiger charge is -2.11. The van der Waals surface area contributed by atoms with Crippen LogP contribution in [0.4, 0.5) is 5.69 Å². The summed E-state index contributed by atoms with van der Waals surface area (Å²) in [4.78, 5) is 29.0. The third-order valence-electron chi connectivity index (χ3n) is 4.24. The number of nitrogens with one attached hydrogen (secondary N) is 1. The average molecular weight is 379 g/mol. The van der Waals surface area contributed by atoms with E-state index in [1.807, 2.05) is 0 Å². The van der Waals surface area contributed by atoms with Crippen molar-refractivity contribution in [3.63, 3.8) is 0 Å². The van der Waals surface area contributed by atoms with E-state index < -0.39 is 0 Å². The second-order valence-corrected chi connectivity index (χ2v) is 6.06. The molecule has 1 aromatic heterocycles. The fourth-order valence-electron chi connectivity index (χ4n) is 2.85. The maximum atomic E-state index is 12.4. The molecule has 1 aliphatic heterocycles. The van der Waals surface area contributed by atoms with E-state index in [2.05, 4.69) is 10.3 Å². The van der Waals surface area contributed by atoms with E-state index in [9.17, 15) is 9.59 Å². The molecule has 0 atom stereocenters. The van der Waals surface area contributed by atoms with Crippen LogP contribution in [-0.4, -0.2) is 29.4 Å². The normalized spacial score (nSPS) is 11.9. The number of fused-ring (bicyclic) bond motifs is 1. The molecule has 0 bridgehead atoms. The molecule has 2 aromatic carbocycles. The highest BCUT2D eigenvalue weighted by Gasteiger charge is 2.15. The lowest BCUT2D eigenvalue weighted by molar-refractivity contribution is -0.116. The first-order valence-corrected chi connectivity index (χ1v) is 8.53. The minimum atomic E-state index is -0.357. The first kappa shape index (κ1) is 17.6. The molecule has 142 valence electrons. The zero-order valence-corrected chi connectivity index (χ0v) is 15.0. The molecule has 4 rings (SSSR count). The van der Waals surface area contributed by atoms with Gasteiger partial charge < -0.3 is 19.5 Å². The molecule has 1 N–H and O–H groups in total. The molecular formula is C20H17N3O5. The minimum Gasteiger partial charge on any atom is -0.495 e. The summed E-state index contributed by atoms with van der Waals surface area (Å²) < 4.78 is 17.1. The standard InChI is InChI=1S/C20H17N3O5/c1-26-16-5-3-2-4-14(16)22-19(24)10-23-11-21-15(9-20(23)25)13-6-7-17-18(8-13)28-12-27-17/h2-9,11H,10,12H2,1H3,(H,22,24). The maximum absolute atomic E-state index is 12.4. The summed E-state index contributed by atoms with van der Waals surface area (Å²) in [5.74, 6) is 1.45. The van der Waals surface area contributed by atoms with Crippen LogP contribution in [0.2, 0.25) is 0 Å². The van der Waals surface area contributed by atoms with Crippen molar-refractivity contribution in [3.05, 3.63) is 65.2 Å². The Bertz CT molecular complexity index is 1090. The van der Waals surface area contributed by atoms with E-state index in [0.717, 1.165) is 5.56 Å². The van der Waals surface area contributed by atoms with Crippen molar-refractivity contribution < 1.29 is 19.0 Å². The zero-order valence-electron chi connectivity index (χ0n) is 15.0. The van der Waals surface area contributed by atoms with Crippen molar-refractivity contribution in [3.8, 4) is 28.5 Å². The van der Waals surface area contributed by atoms with Crippen LogP contribution >= 0.6 is 0 Å². The van der Waals surface area contributed by atoms with E-state index in [4.69, 9.17) is 14.2 Å². The molecule has 8 nitrogen and oxygen atoms in total. The molecule has 0 spiro atoms. The van der Waals surface area contributed by atoms with Crippen LogP contribution in [0, 0.1) is 0 Å². The molecule has 0 saturated carbocycles. The maximum Gasteiger partial charge on any atom is 0.254 e. The van der Waals surface area contributed by atoms with Crippen LogP contribution in [0.25, 0.3) is 11.3 Å². The highest BCUT2D eigenvalue weighted by atomic mass is 16.7. The number of carbonyl (C=O) groups is 1. The summed E-state index contributed by atoms with van der Waals surface area (Å²) in [5.41, 5.74) is 1.42. The largest absolute Gasteiger partial charge is 0.495 e. The number of hydrogen-bond donors (Lipinski definition) is 1. The summed E-state index contributed by atoms with van der Waals surface area (Å²) >= 11 is 0. The van der Waals surface area contributed by atoms with Gasteiger partial charge in [-0.3, -0.25) is 14.2 Å². The lowest BCUT2D eigenvalue weighted by Crippen LogP contribution is -2.27. The van der Waals surface area contributed by atoms with Gasteiger partial charge in [0, 0.05) is 11.6 Å². The third-order valence-corrected chi connectivity index (χ3v) is 4.24. The molecule has 0 saturated heterocycles. The Kier molecular flexibility index (Phi) is 4.67. The van der Waals surface area contributed by atoms with Crippen LogP contribution in [0.5, 0.6) is 17.2 Å². The highest BCUT2D eigenvalue weighted by Crippen LogP contribution is 2.35. The predicted octanol–water partition coefficient (Wildman–Crippen LogP) is 2.29. The van der Waals surface area contributed by atoms with Gasteiger partial charge in [0.1, 0.15) is 12.3 Å². The van der Waals surface area contributed by atoms with Gasteiger partial charge in [0.2, 0.25) is 12.7 Å². The van der Waals surface area contributed by atoms with Crippen LogP contribution in [0.3, 0.4) is 0 Å². The third kappa shape index (κ3) is 3.52. The number of ether oxygens (including phenoxy) is 3. The summed E-state index contributed by atoms with van der Waals surface area (Å²) in [5, 5.41) is 2.73. The van der Waals surface area contributed by atoms with Gasteiger partial charge in [0.05, 0.1) is 24.8 Å². The Balaban J connectivity index is 1.50. The molecule has 1 aliphatic rings. The van der Waals surface area contributed by atoms with Crippen LogP contribution < -0.4 is 25.1 Å². The van der Waals surface area contributed by atoms with Gasteiger partial charge in [-0.15, -0.1) is 0 Å². The van der Waals surface area contributed by atoms with E-state index in [1.165, 1.54) is 24.1 Å². The smallest absolute Gasteiger partial charge is 0.254 e. The molecule has 3 aromatic rings. The second kappa shape index (κ2) is 7.43. The van der Waals surface area contributed by atoms with Crippen molar-refractivity contribution in [1.29, 1.82) is 0 Å². The highest BCUT2D eigenvalue weighted by molar-refractivity contribution is 5.92. The SMILES string of the molecule is COc1ccccc1NC(=O)Cn1cnc(-c2ccc3c(c2)OCO3)cc1=O. The van der Waals surface area contributed by atoms with Gasteiger partial charge in [-0.25, -0.2) is 4.98 Å². The molecule has 0 aliphatic carbocycles. The van der Waals surface area contributed by atoms with E-state index in [0.29, 0.717) is 28.6 Å². The van der Waals surface area contributed by atoms with Gasteiger partial charge in [0.15, 0.2) is 11.5 Å². The summed E-state index contributed by atoms with van der Waals surface area (Å²) in [7, 11) is 1.52. The summed E-state index contributed by atoms with van der Waals surface area (Å²) in [6.45, 7) is 0.0143. The fourth-order valence-corrected chi connectivity index (χ4v) is 2.85. The van der Waals surface area contributed by atoms with Crippen molar-refractivity contribution in [2.45, 2.75) is 6.54 Å². The molecular weight excluding hydrogens is 362 g/mol. The van der Waals surface area contributed by atoms with Gasteiger partial charge in [0.25, 0.3) is 5.56 Å². The van der Waals surface area contributed by atoms with E-state index in [1.54, 1.807) is 42.5 Å². The lowest BCUT2D eigenvalue weighted by atomic mass is 10.1. The van der Waals surface area contributed by atoms with Crippen molar-refractivity contribution in [2.24, 2.45) is 0 Å². The average Bonchev–Trinajstić information content (AvgIpc) is 3.17. The molecule has 8 heteroatoms. The van der Waals surface area contributed by atoms with Crippen LogP contribution in [0.1, 0.15) is 0 Å². The Morgan fingerprint density at radius 3 is 2.82 bits per heavy atom. The van der Waals surface area contributed by atoms with E-state index >= 15 is 0 Å². The number of benzene rings is 2. The van der Waals surface area contributed by atoms with Crippen LogP contribution in [-0.2, 0) is 11.3 Å². The van der Waals surface area contributed by atoms with Crippen molar-refractivity contribution in [1.82, 2.24) is 9.55 Å². The quantitative estimate of drug-likeness (QED) is 0.731. The number of hydrogen-bond acceptors (Lipinski definition) is 6. The van der Waals surface area contributed by atoms with Crippen molar-refractivity contribution in [2.75, 3.05) is 19.2 Å². The zero-order chi connectivity index (χ0) is 19.5. The molecule has 28 heavy (non-hydrogen) atoms.